The van der Waals surface area contributed by atoms with Gasteiger partial charge in [0, 0.05) is 6.07 Å². The monoisotopic (exact) mass is 412 g/mol. The summed E-state index contributed by atoms with van der Waals surface area (Å²) in [6, 6.07) is 10.8. The molecule has 0 spiro atoms. The lowest BCUT2D eigenvalue weighted by Crippen LogP contribution is -2.12. The van der Waals surface area contributed by atoms with E-state index in [9.17, 15) is 14.4 Å². The summed E-state index contributed by atoms with van der Waals surface area (Å²) < 4.78 is 26.2. The van der Waals surface area contributed by atoms with Crippen LogP contribution in [0.25, 0.3) is 11.0 Å². The van der Waals surface area contributed by atoms with Crippen molar-refractivity contribution in [3.63, 3.8) is 0 Å². The minimum atomic E-state index is -0.523. The van der Waals surface area contributed by atoms with Gasteiger partial charge in [-0.3, -0.25) is 4.79 Å². The van der Waals surface area contributed by atoms with E-state index in [2.05, 4.69) is 4.74 Å². The number of carbonyl (C=O) groups excluding carboxylic acids is 2. The largest absolute Gasteiger partial charge is 0.482 e. The first-order valence-electron chi connectivity index (χ1n) is 9.15. The van der Waals surface area contributed by atoms with Crippen molar-refractivity contribution in [3.05, 3.63) is 64.0 Å². The Morgan fingerprint density at radius 3 is 2.40 bits per heavy atom. The second-order valence-corrected chi connectivity index (χ2v) is 6.19. The fourth-order valence-corrected chi connectivity index (χ4v) is 2.67. The van der Waals surface area contributed by atoms with Gasteiger partial charge in [0.1, 0.15) is 22.8 Å². The normalized spacial score (nSPS) is 10.5. The zero-order chi connectivity index (χ0) is 21.7. The van der Waals surface area contributed by atoms with Crippen LogP contribution in [0.5, 0.6) is 17.2 Å². The van der Waals surface area contributed by atoms with Crippen LogP contribution in [0, 0.1) is 6.92 Å². The van der Waals surface area contributed by atoms with E-state index in [1.165, 1.54) is 19.2 Å². The molecular formula is C22H20O8. The van der Waals surface area contributed by atoms with Gasteiger partial charge in [0.05, 0.1) is 24.7 Å². The minimum Gasteiger partial charge on any atom is -0.482 e. The Morgan fingerprint density at radius 2 is 1.73 bits per heavy atom. The van der Waals surface area contributed by atoms with Crippen molar-refractivity contribution in [1.29, 1.82) is 0 Å². The molecule has 0 amide bonds. The van der Waals surface area contributed by atoms with Crippen molar-refractivity contribution in [2.24, 2.45) is 0 Å². The molecule has 30 heavy (non-hydrogen) atoms. The van der Waals surface area contributed by atoms with Crippen LogP contribution in [0.4, 0.5) is 0 Å². The van der Waals surface area contributed by atoms with E-state index in [4.69, 9.17) is 18.6 Å². The van der Waals surface area contributed by atoms with Crippen molar-refractivity contribution >= 4 is 22.9 Å². The van der Waals surface area contributed by atoms with Crippen LogP contribution in [0.2, 0.25) is 0 Å². The SMILES string of the molecule is CCOC(=O)c1ccc(Oc2c(C)oc3cc(OCC(=O)OC)ccc3c2=O)cc1. The summed E-state index contributed by atoms with van der Waals surface area (Å²) in [6.07, 6.45) is 0. The first kappa shape index (κ1) is 20.9. The zero-order valence-electron chi connectivity index (χ0n) is 16.7. The molecule has 0 aliphatic rings. The highest BCUT2D eigenvalue weighted by molar-refractivity contribution is 5.89. The molecule has 0 radical (unpaired) electrons. The number of esters is 2. The van der Waals surface area contributed by atoms with E-state index in [1.54, 1.807) is 44.2 Å². The molecule has 0 atom stereocenters. The molecule has 0 aliphatic heterocycles. The van der Waals surface area contributed by atoms with Crippen LogP contribution in [0.15, 0.2) is 51.7 Å². The van der Waals surface area contributed by atoms with Crippen LogP contribution in [0.3, 0.4) is 0 Å². The maximum atomic E-state index is 12.9. The lowest BCUT2D eigenvalue weighted by Gasteiger charge is -2.10. The smallest absolute Gasteiger partial charge is 0.343 e. The Kier molecular flexibility index (Phi) is 6.36. The number of hydrogen-bond acceptors (Lipinski definition) is 8. The van der Waals surface area contributed by atoms with Gasteiger partial charge >= 0.3 is 11.9 Å². The number of benzene rings is 2. The molecule has 0 N–H and O–H groups in total. The number of methoxy groups -OCH3 is 1. The number of ether oxygens (including phenoxy) is 4. The quantitative estimate of drug-likeness (QED) is 0.542. The summed E-state index contributed by atoms with van der Waals surface area (Å²) >= 11 is 0. The molecule has 8 nitrogen and oxygen atoms in total. The highest BCUT2D eigenvalue weighted by Gasteiger charge is 2.15. The molecule has 3 aromatic rings. The molecule has 0 aliphatic carbocycles. The predicted molar refractivity (Wildman–Crippen MR) is 107 cm³/mol. The van der Waals surface area contributed by atoms with Gasteiger partial charge in [0.2, 0.25) is 11.2 Å². The van der Waals surface area contributed by atoms with E-state index < -0.39 is 11.9 Å². The summed E-state index contributed by atoms with van der Waals surface area (Å²) in [6.45, 7) is 3.36. The third-order valence-electron chi connectivity index (χ3n) is 4.16. The molecule has 0 saturated heterocycles. The molecule has 0 fully saturated rings. The first-order valence-corrected chi connectivity index (χ1v) is 9.15. The first-order chi connectivity index (χ1) is 14.4. The number of aryl methyl sites for hydroxylation is 1. The van der Waals surface area contributed by atoms with Crippen LogP contribution in [-0.2, 0) is 14.3 Å². The molecule has 1 heterocycles. The fourth-order valence-electron chi connectivity index (χ4n) is 2.67. The highest BCUT2D eigenvalue weighted by atomic mass is 16.6. The molecule has 8 heteroatoms. The van der Waals surface area contributed by atoms with E-state index in [1.807, 2.05) is 0 Å². The van der Waals surface area contributed by atoms with Gasteiger partial charge in [-0.15, -0.1) is 0 Å². The van der Waals surface area contributed by atoms with Crippen LogP contribution in [-0.4, -0.2) is 32.3 Å². The molecule has 0 saturated carbocycles. The Hall–Kier alpha value is -3.81. The molecule has 156 valence electrons. The average Bonchev–Trinajstić information content (AvgIpc) is 2.75. The third-order valence-corrected chi connectivity index (χ3v) is 4.16. The number of fused-ring (bicyclic) bond motifs is 1. The van der Waals surface area contributed by atoms with Crippen LogP contribution >= 0.6 is 0 Å². The van der Waals surface area contributed by atoms with E-state index >= 15 is 0 Å². The predicted octanol–water partition coefficient (Wildman–Crippen LogP) is 3.62. The second-order valence-electron chi connectivity index (χ2n) is 6.19. The molecule has 3 rings (SSSR count). The van der Waals surface area contributed by atoms with Crippen molar-refractivity contribution in [1.82, 2.24) is 0 Å². The Morgan fingerprint density at radius 1 is 1.03 bits per heavy atom. The summed E-state index contributed by atoms with van der Waals surface area (Å²) in [5, 5.41) is 0.296. The minimum absolute atomic E-state index is 0.0367. The highest BCUT2D eigenvalue weighted by Crippen LogP contribution is 2.27. The molecule has 2 aromatic carbocycles. The second kappa shape index (κ2) is 9.13. The number of rotatable bonds is 7. The Labute approximate surface area is 171 Å². The van der Waals surface area contributed by atoms with Gasteiger partial charge < -0.3 is 23.4 Å². The van der Waals surface area contributed by atoms with Gasteiger partial charge in [0.15, 0.2) is 6.61 Å². The van der Waals surface area contributed by atoms with Crippen LogP contribution < -0.4 is 14.9 Å². The topological polar surface area (TPSA) is 101 Å². The lowest BCUT2D eigenvalue weighted by atomic mass is 10.2. The number of carbonyl (C=O) groups is 2. The summed E-state index contributed by atoms with van der Waals surface area (Å²) in [5.41, 5.74) is 0.318. The van der Waals surface area contributed by atoms with Crippen LogP contribution in [0.1, 0.15) is 23.0 Å². The van der Waals surface area contributed by atoms with Gasteiger partial charge in [-0.05, 0) is 50.2 Å². The van der Waals surface area contributed by atoms with Gasteiger partial charge in [-0.2, -0.15) is 0 Å². The molecule has 0 bridgehead atoms. The standard InChI is InChI=1S/C22H20O8/c1-4-27-22(25)14-5-7-15(8-6-14)30-21-13(2)29-18-11-16(28-12-19(23)26-3)9-10-17(18)20(21)24/h5-11H,4,12H2,1-3H3. The van der Waals surface area contributed by atoms with Crippen molar-refractivity contribution in [2.45, 2.75) is 13.8 Å². The van der Waals surface area contributed by atoms with Crippen molar-refractivity contribution in [2.75, 3.05) is 20.3 Å². The summed E-state index contributed by atoms with van der Waals surface area (Å²) in [7, 11) is 1.26. The average molecular weight is 412 g/mol. The molecule has 0 unspecified atom stereocenters. The lowest BCUT2D eigenvalue weighted by molar-refractivity contribution is -0.142. The maximum Gasteiger partial charge on any atom is 0.343 e. The van der Waals surface area contributed by atoms with Gasteiger partial charge in [-0.25, -0.2) is 9.59 Å². The van der Waals surface area contributed by atoms with E-state index in [-0.39, 0.29) is 30.2 Å². The summed E-state index contributed by atoms with van der Waals surface area (Å²) in [5.74, 6) is 0.0809. The van der Waals surface area contributed by atoms with E-state index in [0.717, 1.165) is 0 Å². The van der Waals surface area contributed by atoms with Gasteiger partial charge in [0.25, 0.3) is 0 Å². The maximum absolute atomic E-state index is 12.9. The number of hydrogen-bond donors (Lipinski definition) is 0. The molecular weight excluding hydrogens is 392 g/mol. The molecule has 1 aromatic heterocycles. The summed E-state index contributed by atoms with van der Waals surface area (Å²) in [4.78, 5) is 35.8. The fraction of sp³-hybridized carbons (Fsp3) is 0.227. The zero-order valence-corrected chi connectivity index (χ0v) is 16.7. The van der Waals surface area contributed by atoms with E-state index in [0.29, 0.717) is 28.0 Å². The Balaban J connectivity index is 1.85. The third kappa shape index (κ3) is 4.60. The van der Waals surface area contributed by atoms with Crippen molar-refractivity contribution < 1.29 is 33.0 Å². The Bertz CT molecular complexity index is 1130. The van der Waals surface area contributed by atoms with Gasteiger partial charge in [-0.1, -0.05) is 0 Å². The van der Waals surface area contributed by atoms with Crippen molar-refractivity contribution in [3.8, 4) is 17.2 Å².